The summed E-state index contributed by atoms with van der Waals surface area (Å²) in [6, 6.07) is 16.1. The predicted molar refractivity (Wildman–Crippen MR) is 112 cm³/mol. The van der Waals surface area contributed by atoms with Crippen LogP contribution in [0.4, 0.5) is 5.69 Å². The highest BCUT2D eigenvalue weighted by Gasteiger charge is 2.17. The van der Waals surface area contributed by atoms with E-state index in [-0.39, 0.29) is 12.2 Å². The predicted octanol–water partition coefficient (Wildman–Crippen LogP) is 5.24. The zero-order chi connectivity index (χ0) is 20.4. The molecule has 1 aromatic carbocycles. The Hall–Kier alpha value is -3.58. The molecule has 0 saturated heterocycles. The number of aromatic nitrogens is 1. The molecular weight excluding hydrogens is 388 g/mol. The lowest BCUT2D eigenvalue weighted by molar-refractivity contribution is 0.0697. The summed E-state index contributed by atoms with van der Waals surface area (Å²) >= 11 is 1.64. The number of furan rings is 1. The van der Waals surface area contributed by atoms with Gasteiger partial charge in [-0.1, -0.05) is 12.1 Å². The van der Waals surface area contributed by atoms with Crippen molar-refractivity contribution in [2.45, 2.75) is 13.5 Å². The molecule has 0 aliphatic carbocycles. The Labute approximate surface area is 171 Å². The Balaban J connectivity index is 1.68. The summed E-state index contributed by atoms with van der Waals surface area (Å²) in [6.07, 6.45) is 1.59. The summed E-state index contributed by atoms with van der Waals surface area (Å²) in [5.74, 6) is -0.0252. The molecule has 3 heterocycles. The van der Waals surface area contributed by atoms with E-state index in [1.165, 1.54) is 17.0 Å². The third kappa shape index (κ3) is 4.00. The highest BCUT2D eigenvalue weighted by Crippen LogP contribution is 2.38. The number of anilines is 1. The van der Waals surface area contributed by atoms with Gasteiger partial charge in [0, 0.05) is 10.4 Å². The standard InChI is InChI=1S/C22H18N2O4S/c1-13-4-9-19(29-13)17-11-16(18-3-2-10-27-18)20(23)21(24-17)28-12-14-5-7-15(8-6-14)22(25)26/h2-11H,12,23H2,1H3,(H,25,26). The lowest BCUT2D eigenvalue weighted by Crippen LogP contribution is -2.04. The van der Waals surface area contributed by atoms with E-state index in [2.05, 4.69) is 4.98 Å². The van der Waals surface area contributed by atoms with Crippen LogP contribution in [0.15, 0.2) is 65.3 Å². The molecule has 0 bridgehead atoms. The van der Waals surface area contributed by atoms with Crippen LogP contribution in [-0.2, 0) is 6.61 Å². The number of carboxylic acid groups (broad SMARTS) is 1. The van der Waals surface area contributed by atoms with Crippen LogP contribution in [0.1, 0.15) is 20.8 Å². The minimum absolute atomic E-state index is 0.210. The molecule has 3 aromatic heterocycles. The minimum Gasteiger partial charge on any atom is -0.478 e. The van der Waals surface area contributed by atoms with Gasteiger partial charge in [0.05, 0.1) is 22.4 Å². The van der Waals surface area contributed by atoms with E-state index in [0.29, 0.717) is 22.9 Å². The monoisotopic (exact) mass is 406 g/mol. The van der Waals surface area contributed by atoms with Gasteiger partial charge in [0.15, 0.2) is 0 Å². The number of hydrogen-bond acceptors (Lipinski definition) is 6. The topological polar surface area (TPSA) is 98.6 Å². The number of aromatic carboxylic acids is 1. The third-order valence-corrected chi connectivity index (χ3v) is 5.40. The van der Waals surface area contributed by atoms with Crippen molar-refractivity contribution in [1.29, 1.82) is 0 Å². The molecule has 4 aromatic rings. The van der Waals surface area contributed by atoms with Gasteiger partial charge < -0.3 is 20.0 Å². The number of thiophene rings is 1. The van der Waals surface area contributed by atoms with Gasteiger partial charge in [0.1, 0.15) is 18.1 Å². The van der Waals surface area contributed by atoms with Gasteiger partial charge in [-0.15, -0.1) is 11.3 Å². The zero-order valence-electron chi connectivity index (χ0n) is 15.6. The van der Waals surface area contributed by atoms with E-state index < -0.39 is 5.97 Å². The van der Waals surface area contributed by atoms with Crippen molar-refractivity contribution in [2.75, 3.05) is 5.73 Å². The van der Waals surface area contributed by atoms with E-state index in [4.69, 9.17) is 20.0 Å². The number of pyridine rings is 1. The summed E-state index contributed by atoms with van der Waals surface area (Å²) in [5.41, 5.74) is 9.22. The van der Waals surface area contributed by atoms with Gasteiger partial charge in [0.25, 0.3) is 0 Å². The molecule has 29 heavy (non-hydrogen) atoms. The summed E-state index contributed by atoms with van der Waals surface area (Å²) in [7, 11) is 0. The number of nitrogens with zero attached hydrogens (tertiary/aromatic N) is 1. The van der Waals surface area contributed by atoms with Gasteiger partial charge in [-0.3, -0.25) is 0 Å². The van der Waals surface area contributed by atoms with Gasteiger partial charge in [-0.25, -0.2) is 9.78 Å². The molecule has 4 rings (SSSR count). The van der Waals surface area contributed by atoms with Crippen LogP contribution >= 0.6 is 11.3 Å². The second-order valence-electron chi connectivity index (χ2n) is 6.45. The van der Waals surface area contributed by atoms with Gasteiger partial charge in [0.2, 0.25) is 5.88 Å². The molecule has 7 heteroatoms. The molecule has 0 atom stereocenters. The Kier molecular flexibility index (Phi) is 5.05. The van der Waals surface area contributed by atoms with Crippen molar-refractivity contribution >= 4 is 23.0 Å². The Bertz CT molecular complexity index is 1150. The first-order valence-electron chi connectivity index (χ1n) is 8.87. The van der Waals surface area contributed by atoms with Crippen LogP contribution in [0.5, 0.6) is 5.88 Å². The lowest BCUT2D eigenvalue weighted by atomic mass is 10.1. The normalized spacial score (nSPS) is 10.8. The number of hydrogen-bond donors (Lipinski definition) is 2. The van der Waals surface area contributed by atoms with Crippen molar-refractivity contribution in [3.8, 4) is 27.8 Å². The number of benzene rings is 1. The molecule has 6 nitrogen and oxygen atoms in total. The van der Waals surface area contributed by atoms with Crippen LogP contribution < -0.4 is 10.5 Å². The highest BCUT2D eigenvalue weighted by molar-refractivity contribution is 7.15. The molecular formula is C22H18N2O4S. The molecule has 0 amide bonds. The molecule has 146 valence electrons. The summed E-state index contributed by atoms with van der Waals surface area (Å²) in [5, 5.41) is 9.02. The average Bonchev–Trinajstić information content (AvgIpc) is 3.39. The largest absolute Gasteiger partial charge is 0.478 e. The van der Waals surface area contributed by atoms with Crippen LogP contribution in [0.3, 0.4) is 0 Å². The van der Waals surface area contributed by atoms with Crippen LogP contribution in [-0.4, -0.2) is 16.1 Å². The maximum Gasteiger partial charge on any atom is 0.335 e. The number of nitrogens with two attached hydrogens (primary N) is 1. The van der Waals surface area contributed by atoms with Crippen molar-refractivity contribution in [2.24, 2.45) is 0 Å². The van der Waals surface area contributed by atoms with Crippen LogP contribution in [0, 0.1) is 6.92 Å². The fourth-order valence-corrected chi connectivity index (χ4v) is 3.70. The summed E-state index contributed by atoms with van der Waals surface area (Å²) in [4.78, 5) is 17.8. The maximum atomic E-state index is 11.0. The minimum atomic E-state index is -0.967. The van der Waals surface area contributed by atoms with Gasteiger partial charge in [-0.2, -0.15) is 0 Å². The molecule has 0 radical (unpaired) electrons. The van der Waals surface area contributed by atoms with Crippen molar-refractivity contribution in [3.05, 3.63) is 76.9 Å². The smallest absolute Gasteiger partial charge is 0.335 e. The van der Waals surface area contributed by atoms with Crippen molar-refractivity contribution < 1.29 is 19.1 Å². The van der Waals surface area contributed by atoms with E-state index in [1.54, 1.807) is 35.8 Å². The molecule has 0 fully saturated rings. The lowest BCUT2D eigenvalue weighted by Gasteiger charge is -2.13. The number of nitrogen functional groups attached to an aromatic ring is 1. The number of aryl methyl sites for hydroxylation is 1. The molecule has 0 saturated carbocycles. The number of carboxylic acids is 1. The first-order chi connectivity index (χ1) is 14.0. The average molecular weight is 406 g/mol. The Morgan fingerprint density at radius 1 is 1.21 bits per heavy atom. The van der Waals surface area contributed by atoms with Gasteiger partial charge >= 0.3 is 5.97 Å². The fourth-order valence-electron chi connectivity index (χ4n) is 2.87. The number of carbonyl (C=O) groups is 1. The number of rotatable bonds is 6. The van der Waals surface area contributed by atoms with Crippen LogP contribution in [0.25, 0.3) is 21.9 Å². The third-order valence-electron chi connectivity index (χ3n) is 4.38. The Morgan fingerprint density at radius 2 is 2.00 bits per heavy atom. The number of ether oxygens (including phenoxy) is 1. The van der Waals surface area contributed by atoms with Crippen molar-refractivity contribution in [3.63, 3.8) is 0 Å². The quantitative estimate of drug-likeness (QED) is 0.454. The first kappa shape index (κ1) is 18.8. The SMILES string of the molecule is Cc1ccc(-c2cc(-c3ccco3)c(N)c(OCc3ccc(C(=O)O)cc3)n2)s1. The van der Waals surface area contributed by atoms with Crippen LogP contribution in [0.2, 0.25) is 0 Å². The maximum absolute atomic E-state index is 11.0. The Morgan fingerprint density at radius 3 is 2.62 bits per heavy atom. The molecule has 0 spiro atoms. The highest BCUT2D eigenvalue weighted by atomic mass is 32.1. The fraction of sp³-hybridized carbons (Fsp3) is 0.0909. The van der Waals surface area contributed by atoms with Crippen molar-refractivity contribution in [1.82, 2.24) is 4.98 Å². The first-order valence-corrected chi connectivity index (χ1v) is 9.69. The second-order valence-corrected chi connectivity index (χ2v) is 7.74. The molecule has 0 aliphatic rings. The van der Waals surface area contributed by atoms with E-state index in [1.807, 2.05) is 31.2 Å². The molecule has 3 N–H and O–H groups in total. The summed E-state index contributed by atoms with van der Waals surface area (Å²) in [6.45, 7) is 2.25. The zero-order valence-corrected chi connectivity index (χ0v) is 16.4. The summed E-state index contributed by atoms with van der Waals surface area (Å²) < 4.78 is 11.4. The molecule has 0 unspecified atom stereocenters. The van der Waals surface area contributed by atoms with E-state index >= 15 is 0 Å². The van der Waals surface area contributed by atoms with E-state index in [0.717, 1.165) is 16.1 Å². The second kappa shape index (κ2) is 7.81. The van der Waals surface area contributed by atoms with E-state index in [9.17, 15) is 4.79 Å². The molecule has 0 aliphatic heterocycles. The van der Waals surface area contributed by atoms with Gasteiger partial charge in [-0.05, 0) is 55.0 Å².